The van der Waals surface area contributed by atoms with E-state index in [4.69, 9.17) is 4.74 Å². The van der Waals surface area contributed by atoms with Crippen LogP contribution in [0.4, 0.5) is 0 Å². The van der Waals surface area contributed by atoms with E-state index in [1.54, 1.807) is 4.68 Å². The Morgan fingerprint density at radius 1 is 1.36 bits per heavy atom. The first-order chi connectivity index (χ1) is 6.30. The van der Waals surface area contributed by atoms with Gasteiger partial charge in [-0.2, -0.15) is 0 Å². The molecule has 0 atom stereocenters. The molecule has 0 saturated heterocycles. The Bertz CT molecular complexity index is 308. The second kappa shape index (κ2) is 3.64. The molecule has 14 heavy (non-hydrogen) atoms. The first-order valence-electron chi connectivity index (χ1n) is 5.01. The minimum atomic E-state index is 0.0818. The van der Waals surface area contributed by atoms with Crippen molar-refractivity contribution in [2.45, 2.75) is 46.1 Å². The molecule has 3 heteroatoms. The zero-order valence-corrected chi connectivity index (χ0v) is 9.96. The van der Waals surface area contributed by atoms with Crippen LogP contribution in [0.5, 0.6) is 5.88 Å². The number of aryl methyl sites for hydroxylation is 1. The average Bonchev–Trinajstić information content (AvgIpc) is 2.28. The van der Waals surface area contributed by atoms with Crippen LogP contribution in [0.1, 0.15) is 40.2 Å². The molecule has 1 aromatic heterocycles. The smallest absolute Gasteiger partial charge is 0.236 e. The zero-order valence-electron chi connectivity index (χ0n) is 9.96. The van der Waals surface area contributed by atoms with Crippen LogP contribution < -0.4 is 4.74 Å². The fourth-order valence-electron chi connectivity index (χ4n) is 1.29. The maximum absolute atomic E-state index is 5.66. The Balaban J connectivity index is 3.03. The molecule has 80 valence electrons. The third-order valence-electron chi connectivity index (χ3n) is 1.95. The SMILES string of the molecule is CC(C)Oc1nn(C)cc1C(C)(C)C. The van der Waals surface area contributed by atoms with E-state index in [1.165, 1.54) is 0 Å². The van der Waals surface area contributed by atoms with Crippen LogP contribution in [0.2, 0.25) is 0 Å². The van der Waals surface area contributed by atoms with Crippen molar-refractivity contribution in [3.8, 4) is 5.88 Å². The topological polar surface area (TPSA) is 27.1 Å². The molecular formula is C11H20N2O. The number of ether oxygens (including phenoxy) is 1. The minimum Gasteiger partial charge on any atom is -0.474 e. The van der Waals surface area contributed by atoms with Crippen molar-refractivity contribution in [2.24, 2.45) is 7.05 Å². The van der Waals surface area contributed by atoms with E-state index in [-0.39, 0.29) is 11.5 Å². The number of aromatic nitrogens is 2. The van der Waals surface area contributed by atoms with Crippen molar-refractivity contribution in [3.63, 3.8) is 0 Å². The van der Waals surface area contributed by atoms with Crippen LogP contribution in [0.25, 0.3) is 0 Å². The molecule has 1 rings (SSSR count). The highest BCUT2D eigenvalue weighted by Gasteiger charge is 2.22. The molecule has 0 aromatic carbocycles. The fourth-order valence-corrected chi connectivity index (χ4v) is 1.29. The molecule has 0 aliphatic rings. The first-order valence-corrected chi connectivity index (χ1v) is 5.01. The standard InChI is InChI=1S/C11H20N2O/c1-8(2)14-10-9(11(3,4)5)7-13(6)12-10/h7-8H,1-6H3. The second-order valence-corrected chi connectivity index (χ2v) is 4.94. The van der Waals surface area contributed by atoms with Gasteiger partial charge in [0.1, 0.15) is 0 Å². The van der Waals surface area contributed by atoms with E-state index < -0.39 is 0 Å². The Morgan fingerprint density at radius 3 is 2.36 bits per heavy atom. The Morgan fingerprint density at radius 2 is 1.93 bits per heavy atom. The molecule has 1 heterocycles. The maximum atomic E-state index is 5.66. The van der Waals surface area contributed by atoms with E-state index in [0.717, 1.165) is 11.4 Å². The molecule has 0 fully saturated rings. The maximum Gasteiger partial charge on any atom is 0.236 e. The highest BCUT2D eigenvalue weighted by atomic mass is 16.5. The fraction of sp³-hybridized carbons (Fsp3) is 0.727. The van der Waals surface area contributed by atoms with Gasteiger partial charge in [0, 0.05) is 18.8 Å². The van der Waals surface area contributed by atoms with Crippen molar-refractivity contribution in [1.29, 1.82) is 0 Å². The highest BCUT2D eigenvalue weighted by Crippen LogP contribution is 2.30. The lowest BCUT2D eigenvalue weighted by Crippen LogP contribution is -2.14. The molecule has 0 unspecified atom stereocenters. The van der Waals surface area contributed by atoms with Gasteiger partial charge in [-0.05, 0) is 19.3 Å². The Hall–Kier alpha value is -0.990. The highest BCUT2D eigenvalue weighted by molar-refractivity contribution is 5.30. The minimum absolute atomic E-state index is 0.0818. The quantitative estimate of drug-likeness (QED) is 0.726. The van der Waals surface area contributed by atoms with Gasteiger partial charge in [-0.25, -0.2) is 0 Å². The second-order valence-electron chi connectivity index (χ2n) is 4.94. The van der Waals surface area contributed by atoms with Crippen LogP contribution >= 0.6 is 0 Å². The van der Waals surface area contributed by atoms with Crippen LogP contribution in [0, 0.1) is 0 Å². The molecule has 0 radical (unpaired) electrons. The third-order valence-corrected chi connectivity index (χ3v) is 1.95. The summed E-state index contributed by atoms with van der Waals surface area (Å²) < 4.78 is 7.46. The van der Waals surface area contributed by atoms with Gasteiger partial charge >= 0.3 is 0 Å². The van der Waals surface area contributed by atoms with Gasteiger partial charge < -0.3 is 4.74 Å². The molecule has 0 amide bonds. The molecule has 0 saturated carbocycles. The number of hydrogen-bond acceptors (Lipinski definition) is 2. The zero-order chi connectivity index (χ0) is 10.9. The molecule has 0 N–H and O–H groups in total. The lowest BCUT2D eigenvalue weighted by Gasteiger charge is -2.18. The molecular weight excluding hydrogens is 176 g/mol. The summed E-state index contributed by atoms with van der Waals surface area (Å²) in [4.78, 5) is 0. The average molecular weight is 196 g/mol. The van der Waals surface area contributed by atoms with E-state index in [1.807, 2.05) is 27.1 Å². The third kappa shape index (κ3) is 2.50. The summed E-state index contributed by atoms with van der Waals surface area (Å²) >= 11 is 0. The first kappa shape index (κ1) is 11.1. The normalized spacial score (nSPS) is 12.2. The van der Waals surface area contributed by atoms with Crippen LogP contribution in [-0.4, -0.2) is 15.9 Å². The van der Waals surface area contributed by atoms with Crippen molar-refractivity contribution >= 4 is 0 Å². The summed E-state index contributed by atoms with van der Waals surface area (Å²) in [7, 11) is 1.92. The molecule has 0 spiro atoms. The van der Waals surface area contributed by atoms with Gasteiger partial charge in [0.2, 0.25) is 5.88 Å². The summed E-state index contributed by atoms with van der Waals surface area (Å²) in [6, 6.07) is 0. The van der Waals surface area contributed by atoms with Crippen molar-refractivity contribution in [2.75, 3.05) is 0 Å². The molecule has 1 aromatic rings. The number of rotatable bonds is 2. The molecule has 0 aliphatic heterocycles. The van der Waals surface area contributed by atoms with Gasteiger partial charge in [0.05, 0.1) is 6.10 Å². The van der Waals surface area contributed by atoms with Gasteiger partial charge in [-0.15, -0.1) is 5.10 Å². The van der Waals surface area contributed by atoms with Crippen molar-refractivity contribution < 1.29 is 4.74 Å². The summed E-state index contributed by atoms with van der Waals surface area (Å²) in [6.45, 7) is 10.5. The van der Waals surface area contributed by atoms with Crippen molar-refractivity contribution in [1.82, 2.24) is 9.78 Å². The van der Waals surface area contributed by atoms with E-state index >= 15 is 0 Å². The Kier molecular flexibility index (Phi) is 2.88. The largest absolute Gasteiger partial charge is 0.474 e. The number of nitrogens with zero attached hydrogens (tertiary/aromatic N) is 2. The summed E-state index contributed by atoms with van der Waals surface area (Å²) in [6.07, 6.45) is 2.20. The predicted molar refractivity (Wildman–Crippen MR) is 57.7 cm³/mol. The molecule has 3 nitrogen and oxygen atoms in total. The van der Waals surface area contributed by atoms with Crippen LogP contribution in [0.3, 0.4) is 0 Å². The van der Waals surface area contributed by atoms with Crippen LogP contribution in [0.15, 0.2) is 6.20 Å². The van der Waals surface area contributed by atoms with Gasteiger partial charge in [-0.1, -0.05) is 20.8 Å². The van der Waals surface area contributed by atoms with E-state index in [0.29, 0.717) is 0 Å². The van der Waals surface area contributed by atoms with E-state index in [9.17, 15) is 0 Å². The Labute approximate surface area is 86.1 Å². The monoisotopic (exact) mass is 196 g/mol. The summed E-state index contributed by atoms with van der Waals surface area (Å²) in [5.41, 5.74) is 1.24. The lowest BCUT2D eigenvalue weighted by molar-refractivity contribution is 0.225. The van der Waals surface area contributed by atoms with Gasteiger partial charge in [0.25, 0.3) is 0 Å². The molecule has 0 aliphatic carbocycles. The lowest BCUT2D eigenvalue weighted by atomic mass is 9.89. The van der Waals surface area contributed by atoms with Crippen LogP contribution in [-0.2, 0) is 12.5 Å². The van der Waals surface area contributed by atoms with Crippen molar-refractivity contribution in [3.05, 3.63) is 11.8 Å². The van der Waals surface area contributed by atoms with Gasteiger partial charge in [-0.3, -0.25) is 4.68 Å². The van der Waals surface area contributed by atoms with E-state index in [2.05, 4.69) is 25.9 Å². The predicted octanol–water partition coefficient (Wildman–Crippen LogP) is 2.50. The molecule has 0 bridgehead atoms. The summed E-state index contributed by atoms with van der Waals surface area (Å²) in [5.74, 6) is 0.759. The van der Waals surface area contributed by atoms with Gasteiger partial charge in [0.15, 0.2) is 0 Å². The number of hydrogen-bond donors (Lipinski definition) is 0. The summed E-state index contributed by atoms with van der Waals surface area (Å²) in [5, 5.41) is 4.31.